The number of benzene rings is 2. The van der Waals surface area contributed by atoms with Gasteiger partial charge in [0.2, 0.25) is 0 Å². The molecule has 5 heteroatoms. The van der Waals surface area contributed by atoms with Gasteiger partial charge in [-0.2, -0.15) is 0 Å². The number of nitrogens with zero attached hydrogens (tertiary/aromatic N) is 1. The molecule has 2 amide bonds. The average Bonchev–Trinajstić information content (AvgIpc) is 2.67. The number of amides is 2. The number of β-lactam (4-membered cyclic amide) rings is 1. The van der Waals surface area contributed by atoms with Crippen LogP contribution in [0.15, 0.2) is 54.6 Å². The highest BCUT2D eigenvalue weighted by molar-refractivity contribution is 5.98. The maximum absolute atomic E-state index is 12.8. The third-order valence-corrected chi connectivity index (χ3v) is 5.72. The van der Waals surface area contributed by atoms with Crippen LogP contribution in [0.4, 0.5) is 0 Å². The SMILES string of the molecule is CC(C)N1C(=O)[C@](O)(c2cccc(C(=O)N[C@H](C)c3ccccc3)c2)C1(C)C. The second-order valence-electron chi connectivity index (χ2n) is 8.22. The number of hydrogen-bond donors (Lipinski definition) is 2. The highest BCUT2D eigenvalue weighted by Crippen LogP contribution is 2.49. The molecule has 0 aliphatic carbocycles. The van der Waals surface area contributed by atoms with Gasteiger partial charge in [0.25, 0.3) is 11.8 Å². The van der Waals surface area contributed by atoms with Gasteiger partial charge in [0, 0.05) is 11.6 Å². The summed E-state index contributed by atoms with van der Waals surface area (Å²) in [6, 6.07) is 16.3. The standard InChI is InChI=1S/C23H28N2O3/c1-15(2)25-21(27)23(28,22(25,4)5)19-13-9-12-18(14-19)20(26)24-16(3)17-10-7-6-8-11-17/h6-16,28H,1-5H3,(H,24,26)/t16-,23-/m1/s1. The molecular formula is C23H28N2O3. The van der Waals surface area contributed by atoms with Crippen molar-refractivity contribution in [1.82, 2.24) is 10.2 Å². The molecule has 2 aromatic rings. The summed E-state index contributed by atoms with van der Waals surface area (Å²) in [6.07, 6.45) is 0. The highest BCUT2D eigenvalue weighted by Gasteiger charge is 2.67. The van der Waals surface area contributed by atoms with Crippen molar-refractivity contribution in [3.8, 4) is 0 Å². The molecule has 148 valence electrons. The minimum atomic E-state index is -1.64. The fourth-order valence-electron chi connectivity index (χ4n) is 4.16. The molecule has 0 radical (unpaired) electrons. The fourth-order valence-corrected chi connectivity index (χ4v) is 4.16. The van der Waals surface area contributed by atoms with Gasteiger partial charge in [-0.15, -0.1) is 0 Å². The summed E-state index contributed by atoms with van der Waals surface area (Å²) in [4.78, 5) is 27.2. The molecule has 3 rings (SSSR count). The lowest BCUT2D eigenvalue weighted by atomic mass is 9.66. The van der Waals surface area contributed by atoms with Gasteiger partial charge in [0.05, 0.1) is 11.6 Å². The molecule has 1 aliphatic heterocycles. The van der Waals surface area contributed by atoms with E-state index in [0.29, 0.717) is 11.1 Å². The number of likely N-dealkylation sites (tertiary alicyclic amines) is 1. The third-order valence-electron chi connectivity index (χ3n) is 5.72. The normalized spacial score (nSPS) is 22.0. The van der Waals surface area contributed by atoms with Crippen molar-refractivity contribution in [1.29, 1.82) is 0 Å². The zero-order chi connectivity index (χ0) is 20.7. The molecule has 0 unspecified atom stereocenters. The van der Waals surface area contributed by atoms with Gasteiger partial charge >= 0.3 is 0 Å². The first kappa shape index (κ1) is 20.1. The Hall–Kier alpha value is -2.66. The number of carbonyl (C=O) groups is 2. The first-order valence-electron chi connectivity index (χ1n) is 9.63. The summed E-state index contributed by atoms with van der Waals surface area (Å²) in [5, 5.41) is 14.2. The minimum Gasteiger partial charge on any atom is -0.374 e. The van der Waals surface area contributed by atoms with Gasteiger partial charge < -0.3 is 15.3 Å². The summed E-state index contributed by atoms with van der Waals surface area (Å²) in [5.41, 5.74) is -0.531. The second kappa shape index (κ2) is 7.06. The summed E-state index contributed by atoms with van der Waals surface area (Å²) in [5.74, 6) is -0.574. The Balaban J connectivity index is 1.85. The zero-order valence-corrected chi connectivity index (χ0v) is 17.1. The molecule has 1 fully saturated rings. The number of nitrogens with one attached hydrogen (secondary N) is 1. The van der Waals surface area contributed by atoms with E-state index in [2.05, 4.69) is 5.32 Å². The van der Waals surface area contributed by atoms with Gasteiger partial charge in [-0.3, -0.25) is 9.59 Å². The predicted octanol–water partition coefficient (Wildman–Crippen LogP) is 3.39. The molecule has 1 heterocycles. The smallest absolute Gasteiger partial charge is 0.262 e. The van der Waals surface area contributed by atoms with Crippen molar-refractivity contribution in [3.05, 3.63) is 71.3 Å². The summed E-state index contributed by atoms with van der Waals surface area (Å²) in [6.45, 7) is 9.46. The zero-order valence-electron chi connectivity index (χ0n) is 17.1. The van der Waals surface area contributed by atoms with E-state index < -0.39 is 11.1 Å². The van der Waals surface area contributed by atoms with Gasteiger partial charge in [-0.05, 0) is 57.9 Å². The molecule has 1 saturated heterocycles. The molecule has 5 nitrogen and oxygen atoms in total. The summed E-state index contributed by atoms with van der Waals surface area (Å²) >= 11 is 0. The Bertz CT molecular complexity index is 892. The summed E-state index contributed by atoms with van der Waals surface area (Å²) in [7, 11) is 0. The molecule has 2 N–H and O–H groups in total. The number of rotatable bonds is 5. The van der Waals surface area contributed by atoms with E-state index >= 15 is 0 Å². The Morgan fingerprint density at radius 1 is 1.04 bits per heavy atom. The van der Waals surface area contributed by atoms with Crippen molar-refractivity contribution in [3.63, 3.8) is 0 Å². The van der Waals surface area contributed by atoms with E-state index in [4.69, 9.17) is 0 Å². The fraction of sp³-hybridized carbons (Fsp3) is 0.391. The Morgan fingerprint density at radius 3 is 2.25 bits per heavy atom. The third kappa shape index (κ3) is 3.00. The Kier molecular flexibility index (Phi) is 5.06. The quantitative estimate of drug-likeness (QED) is 0.781. The van der Waals surface area contributed by atoms with Crippen LogP contribution in [-0.2, 0) is 10.4 Å². The lowest BCUT2D eigenvalue weighted by Crippen LogP contribution is -2.79. The van der Waals surface area contributed by atoms with Crippen molar-refractivity contribution >= 4 is 11.8 Å². The Labute approximate surface area is 166 Å². The maximum Gasteiger partial charge on any atom is 0.262 e. The van der Waals surface area contributed by atoms with Crippen LogP contribution < -0.4 is 5.32 Å². The molecule has 2 atom stereocenters. The van der Waals surface area contributed by atoms with Gasteiger partial charge in [0.15, 0.2) is 5.60 Å². The highest BCUT2D eigenvalue weighted by atomic mass is 16.3. The number of carbonyl (C=O) groups excluding carboxylic acids is 2. The van der Waals surface area contributed by atoms with Crippen LogP contribution in [0, 0.1) is 0 Å². The average molecular weight is 380 g/mol. The van der Waals surface area contributed by atoms with Crippen molar-refractivity contribution < 1.29 is 14.7 Å². The van der Waals surface area contributed by atoms with E-state index in [-0.39, 0.29) is 23.9 Å². The lowest BCUT2D eigenvalue weighted by molar-refractivity contribution is -0.221. The van der Waals surface area contributed by atoms with Crippen LogP contribution in [-0.4, -0.2) is 33.4 Å². The van der Waals surface area contributed by atoms with Crippen LogP contribution >= 0.6 is 0 Å². The monoisotopic (exact) mass is 380 g/mol. The molecule has 1 aliphatic rings. The van der Waals surface area contributed by atoms with E-state index in [9.17, 15) is 14.7 Å². The molecular weight excluding hydrogens is 352 g/mol. The number of hydrogen-bond acceptors (Lipinski definition) is 3. The molecule has 0 aromatic heterocycles. The van der Waals surface area contributed by atoms with Crippen LogP contribution in [0.3, 0.4) is 0 Å². The van der Waals surface area contributed by atoms with Gasteiger partial charge in [0.1, 0.15) is 0 Å². The van der Waals surface area contributed by atoms with E-state index in [1.165, 1.54) is 0 Å². The van der Waals surface area contributed by atoms with Crippen LogP contribution in [0.1, 0.15) is 62.1 Å². The van der Waals surface area contributed by atoms with Crippen molar-refractivity contribution in [2.45, 2.75) is 57.8 Å². The Morgan fingerprint density at radius 2 is 1.68 bits per heavy atom. The van der Waals surface area contributed by atoms with Crippen LogP contribution in [0.2, 0.25) is 0 Å². The number of aliphatic hydroxyl groups is 1. The molecule has 28 heavy (non-hydrogen) atoms. The van der Waals surface area contributed by atoms with Crippen molar-refractivity contribution in [2.75, 3.05) is 0 Å². The topological polar surface area (TPSA) is 69.6 Å². The van der Waals surface area contributed by atoms with Gasteiger partial charge in [-0.1, -0.05) is 42.5 Å². The first-order valence-corrected chi connectivity index (χ1v) is 9.63. The molecule has 0 spiro atoms. The van der Waals surface area contributed by atoms with Crippen LogP contribution in [0.5, 0.6) is 0 Å². The van der Waals surface area contributed by atoms with Crippen molar-refractivity contribution in [2.24, 2.45) is 0 Å². The maximum atomic E-state index is 12.8. The molecule has 0 bridgehead atoms. The summed E-state index contributed by atoms with van der Waals surface area (Å²) < 4.78 is 0. The van der Waals surface area contributed by atoms with E-state index in [0.717, 1.165) is 5.56 Å². The predicted molar refractivity (Wildman–Crippen MR) is 109 cm³/mol. The first-order chi connectivity index (χ1) is 13.1. The van der Waals surface area contributed by atoms with E-state index in [1.54, 1.807) is 29.2 Å². The van der Waals surface area contributed by atoms with E-state index in [1.807, 2.05) is 65.0 Å². The molecule has 2 aromatic carbocycles. The van der Waals surface area contributed by atoms with Crippen LogP contribution in [0.25, 0.3) is 0 Å². The largest absolute Gasteiger partial charge is 0.374 e. The minimum absolute atomic E-state index is 0.0130. The lowest BCUT2D eigenvalue weighted by Gasteiger charge is -2.61. The molecule has 0 saturated carbocycles. The second-order valence-corrected chi connectivity index (χ2v) is 8.22. The van der Waals surface area contributed by atoms with Gasteiger partial charge in [-0.25, -0.2) is 0 Å².